The van der Waals surface area contributed by atoms with Crippen LogP contribution in [-0.4, -0.2) is 43.1 Å². The highest BCUT2D eigenvalue weighted by Crippen LogP contribution is 2.34. The van der Waals surface area contributed by atoms with E-state index in [1.54, 1.807) is 6.92 Å². The smallest absolute Gasteiger partial charge is 0.340 e. The van der Waals surface area contributed by atoms with Crippen LogP contribution in [0.2, 0.25) is 5.02 Å². The molecule has 0 aliphatic carbocycles. The van der Waals surface area contributed by atoms with Crippen LogP contribution in [0.3, 0.4) is 0 Å². The lowest BCUT2D eigenvalue weighted by Gasteiger charge is -2.21. The van der Waals surface area contributed by atoms with Crippen molar-refractivity contribution in [1.82, 2.24) is 4.90 Å². The number of carbonyl (C=O) groups excluding carboxylic acids is 2. The number of rotatable bonds is 4. The molecule has 138 valence electrons. The molecule has 0 spiro atoms. The molecule has 0 radical (unpaired) electrons. The van der Waals surface area contributed by atoms with Gasteiger partial charge in [0.05, 0.1) is 35.9 Å². The van der Waals surface area contributed by atoms with Gasteiger partial charge in [0.1, 0.15) is 5.82 Å². The second-order valence-electron chi connectivity index (χ2n) is 6.20. The number of hydrogen-bond donors (Lipinski definition) is 0. The highest BCUT2D eigenvalue weighted by Gasteiger charge is 2.38. The summed E-state index contributed by atoms with van der Waals surface area (Å²) in [6, 6.07) is 4.24. The maximum Gasteiger partial charge on any atom is 0.340 e. The van der Waals surface area contributed by atoms with E-state index in [1.165, 1.54) is 36.3 Å². The third kappa shape index (κ3) is 3.39. The van der Waals surface area contributed by atoms with Crippen LogP contribution in [0.1, 0.15) is 25.3 Å². The van der Waals surface area contributed by atoms with Gasteiger partial charge in [-0.05, 0) is 38.0 Å². The van der Waals surface area contributed by atoms with Crippen molar-refractivity contribution in [3.8, 4) is 0 Å². The molecule has 0 bridgehead atoms. The van der Waals surface area contributed by atoms with Gasteiger partial charge in [-0.1, -0.05) is 17.7 Å². The number of methoxy groups -OCH3 is 1. The maximum atomic E-state index is 14.2. The van der Waals surface area contributed by atoms with Crippen LogP contribution in [0, 0.1) is 5.82 Å². The molecule has 0 N–H and O–H groups in total. The SMILES string of the molecule is COC(=O)C1=C(C)N(C[C@H]2CCCO2)C(=O)/C1=C/c1c(F)cccc1Cl. The Bertz CT molecular complexity index is 792. The Morgan fingerprint density at radius 2 is 2.27 bits per heavy atom. The Labute approximate surface area is 156 Å². The largest absolute Gasteiger partial charge is 0.465 e. The second kappa shape index (κ2) is 7.60. The van der Waals surface area contributed by atoms with Gasteiger partial charge in [-0.3, -0.25) is 4.79 Å². The Balaban J connectivity index is 2.04. The topological polar surface area (TPSA) is 55.8 Å². The number of carbonyl (C=O) groups is 2. The van der Waals surface area contributed by atoms with E-state index in [0.29, 0.717) is 18.8 Å². The number of benzene rings is 1. The number of amides is 1. The van der Waals surface area contributed by atoms with Crippen molar-refractivity contribution in [1.29, 1.82) is 0 Å². The fourth-order valence-corrected chi connectivity index (χ4v) is 3.45. The fraction of sp³-hybridized carbons (Fsp3) is 0.368. The molecule has 1 saturated heterocycles. The van der Waals surface area contributed by atoms with E-state index in [2.05, 4.69) is 0 Å². The number of halogens is 2. The lowest BCUT2D eigenvalue weighted by atomic mass is 10.0. The summed E-state index contributed by atoms with van der Waals surface area (Å²) in [6.45, 7) is 2.67. The number of ether oxygens (including phenoxy) is 2. The summed E-state index contributed by atoms with van der Waals surface area (Å²) in [7, 11) is 1.24. The zero-order chi connectivity index (χ0) is 18.8. The third-order valence-corrected chi connectivity index (χ3v) is 4.93. The van der Waals surface area contributed by atoms with E-state index in [-0.39, 0.29) is 27.8 Å². The molecular weight excluding hydrogens is 361 g/mol. The predicted molar refractivity (Wildman–Crippen MR) is 94.8 cm³/mol. The van der Waals surface area contributed by atoms with Crippen molar-refractivity contribution in [3.63, 3.8) is 0 Å². The molecule has 1 atom stereocenters. The van der Waals surface area contributed by atoms with Gasteiger partial charge >= 0.3 is 5.97 Å². The molecule has 2 aliphatic heterocycles. The summed E-state index contributed by atoms with van der Waals surface area (Å²) in [5.41, 5.74) is 0.718. The van der Waals surface area contributed by atoms with E-state index < -0.39 is 17.7 Å². The summed E-state index contributed by atoms with van der Waals surface area (Å²) < 4.78 is 24.6. The number of hydrogen-bond acceptors (Lipinski definition) is 4. The van der Waals surface area contributed by atoms with Gasteiger partial charge in [0, 0.05) is 17.9 Å². The quantitative estimate of drug-likeness (QED) is 0.594. The molecule has 2 aliphatic rings. The molecule has 3 rings (SSSR count). The number of nitrogens with zero attached hydrogens (tertiary/aromatic N) is 1. The van der Waals surface area contributed by atoms with Gasteiger partial charge < -0.3 is 14.4 Å². The van der Waals surface area contributed by atoms with Crippen LogP contribution >= 0.6 is 11.6 Å². The standard InChI is InChI=1S/C19H19ClFNO4/c1-11-17(19(24)25-2)14(9-13-15(20)6-3-7-16(13)21)18(23)22(11)10-12-5-4-8-26-12/h3,6-7,9,12H,4-5,8,10H2,1-2H3/b14-9+/t12-/m1/s1. The summed E-state index contributed by atoms with van der Waals surface area (Å²) in [5.74, 6) is -1.61. The zero-order valence-electron chi connectivity index (χ0n) is 14.6. The van der Waals surface area contributed by atoms with Gasteiger partial charge in [-0.25, -0.2) is 9.18 Å². The summed E-state index contributed by atoms with van der Waals surface area (Å²) in [5, 5.41) is 0.157. The van der Waals surface area contributed by atoms with Gasteiger partial charge in [0.25, 0.3) is 5.91 Å². The van der Waals surface area contributed by atoms with E-state index in [1.807, 2.05) is 0 Å². The molecule has 2 heterocycles. The lowest BCUT2D eigenvalue weighted by molar-refractivity contribution is -0.136. The van der Waals surface area contributed by atoms with Crippen molar-refractivity contribution in [3.05, 3.63) is 51.4 Å². The minimum atomic E-state index is -0.649. The van der Waals surface area contributed by atoms with Crippen LogP contribution in [-0.2, 0) is 19.1 Å². The van der Waals surface area contributed by atoms with E-state index in [0.717, 1.165) is 12.8 Å². The van der Waals surface area contributed by atoms with Gasteiger partial charge in [0.15, 0.2) is 0 Å². The van der Waals surface area contributed by atoms with E-state index in [4.69, 9.17) is 21.1 Å². The molecule has 5 nitrogen and oxygen atoms in total. The molecule has 1 aromatic rings. The molecule has 1 aromatic carbocycles. The highest BCUT2D eigenvalue weighted by molar-refractivity contribution is 6.32. The lowest BCUT2D eigenvalue weighted by Crippen LogP contribution is -2.33. The third-order valence-electron chi connectivity index (χ3n) is 4.60. The Morgan fingerprint density at radius 3 is 2.88 bits per heavy atom. The summed E-state index contributed by atoms with van der Waals surface area (Å²) in [4.78, 5) is 26.7. The molecule has 1 fully saturated rings. The van der Waals surface area contributed by atoms with Crippen LogP contribution in [0.5, 0.6) is 0 Å². The van der Waals surface area contributed by atoms with Crippen molar-refractivity contribution < 1.29 is 23.5 Å². The Morgan fingerprint density at radius 1 is 1.50 bits per heavy atom. The molecule has 0 unspecified atom stereocenters. The minimum Gasteiger partial charge on any atom is -0.465 e. The predicted octanol–water partition coefficient (Wildman–Crippen LogP) is 3.33. The fourth-order valence-electron chi connectivity index (χ4n) is 3.23. The second-order valence-corrected chi connectivity index (χ2v) is 6.60. The van der Waals surface area contributed by atoms with Crippen molar-refractivity contribution >= 4 is 29.6 Å². The average Bonchev–Trinajstić information content (AvgIpc) is 3.20. The number of allylic oxidation sites excluding steroid dienone is 1. The average molecular weight is 380 g/mol. The van der Waals surface area contributed by atoms with Crippen LogP contribution in [0.4, 0.5) is 4.39 Å². The van der Waals surface area contributed by atoms with Crippen molar-refractivity contribution in [2.24, 2.45) is 0 Å². The monoisotopic (exact) mass is 379 g/mol. The normalized spacial score (nSPS) is 21.8. The first-order valence-electron chi connectivity index (χ1n) is 8.32. The first-order chi connectivity index (χ1) is 12.4. The molecule has 1 amide bonds. The Hall–Kier alpha value is -2.18. The summed E-state index contributed by atoms with van der Waals surface area (Å²) >= 11 is 6.07. The highest BCUT2D eigenvalue weighted by atomic mass is 35.5. The Kier molecular flexibility index (Phi) is 5.44. The number of esters is 1. The first-order valence-corrected chi connectivity index (χ1v) is 8.70. The van der Waals surface area contributed by atoms with Crippen LogP contribution in [0.15, 0.2) is 35.0 Å². The van der Waals surface area contributed by atoms with Crippen molar-refractivity contribution in [2.75, 3.05) is 20.3 Å². The molecular formula is C19H19ClFNO4. The van der Waals surface area contributed by atoms with Crippen LogP contribution < -0.4 is 0 Å². The van der Waals surface area contributed by atoms with Crippen LogP contribution in [0.25, 0.3) is 6.08 Å². The zero-order valence-corrected chi connectivity index (χ0v) is 15.3. The van der Waals surface area contributed by atoms with E-state index >= 15 is 0 Å². The molecule has 0 aromatic heterocycles. The molecule has 26 heavy (non-hydrogen) atoms. The van der Waals surface area contributed by atoms with Crippen molar-refractivity contribution in [2.45, 2.75) is 25.9 Å². The van der Waals surface area contributed by atoms with Gasteiger partial charge in [-0.2, -0.15) is 0 Å². The molecule has 7 heteroatoms. The minimum absolute atomic E-state index is 0.0608. The van der Waals surface area contributed by atoms with Gasteiger partial charge in [0.2, 0.25) is 0 Å². The maximum absolute atomic E-state index is 14.2. The van der Waals surface area contributed by atoms with E-state index in [9.17, 15) is 14.0 Å². The first kappa shape index (κ1) is 18.6. The summed E-state index contributed by atoms with van der Waals surface area (Å²) in [6.07, 6.45) is 3.02. The molecule has 0 saturated carbocycles. The van der Waals surface area contributed by atoms with Gasteiger partial charge in [-0.15, -0.1) is 0 Å².